The predicted molar refractivity (Wildman–Crippen MR) is 60.3 cm³/mol. The lowest BCUT2D eigenvalue weighted by atomic mass is 10.4. The number of rotatable bonds is 4. The summed E-state index contributed by atoms with van der Waals surface area (Å²) in [7, 11) is -2.10. The molecule has 1 fully saturated rings. The van der Waals surface area contributed by atoms with Crippen LogP contribution in [0, 0.1) is 5.92 Å². The van der Waals surface area contributed by atoms with Crippen LogP contribution in [0.4, 0.5) is 0 Å². The van der Waals surface area contributed by atoms with E-state index in [-0.39, 0.29) is 16.6 Å². The zero-order chi connectivity index (χ0) is 12.8. The second-order valence-corrected chi connectivity index (χ2v) is 6.13. The molecule has 1 aromatic heterocycles. The van der Waals surface area contributed by atoms with Crippen LogP contribution in [0.1, 0.15) is 23.8 Å². The summed E-state index contributed by atoms with van der Waals surface area (Å²) in [6, 6.07) is 1.14. The molecule has 1 heterocycles. The summed E-state index contributed by atoms with van der Waals surface area (Å²) >= 11 is 0. The summed E-state index contributed by atoms with van der Waals surface area (Å²) in [6.07, 6.45) is 2.14. The number of aromatic nitrogens is 1. The zero-order valence-electron chi connectivity index (χ0n) is 9.54. The number of sulfonamides is 1. The van der Waals surface area contributed by atoms with Crippen molar-refractivity contribution in [3.8, 4) is 0 Å². The quantitative estimate of drug-likeness (QED) is 0.818. The van der Waals surface area contributed by atoms with Gasteiger partial charge in [0.05, 0.1) is 0 Å². The SMILES string of the molecule is CC1CC1NS(=O)(=O)c1cc(C(=O)O)n(C)c1. The maximum Gasteiger partial charge on any atom is 0.352 e. The number of aromatic carboxylic acids is 1. The van der Waals surface area contributed by atoms with Gasteiger partial charge in [0.25, 0.3) is 0 Å². The average molecular weight is 258 g/mol. The molecule has 0 saturated heterocycles. The van der Waals surface area contributed by atoms with Crippen LogP contribution in [0.15, 0.2) is 17.2 Å². The molecule has 0 radical (unpaired) electrons. The molecule has 0 aliphatic heterocycles. The van der Waals surface area contributed by atoms with Gasteiger partial charge in [-0.2, -0.15) is 0 Å². The van der Waals surface area contributed by atoms with E-state index in [0.717, 1.165) is 12.5 Å². The molecule has 1 aliphatic rings. The van der Waals surface area contributed by atoms with Crippen molar-refractivity contribution < 1.29 is 18.3 Å². The van der Waals surface area contributed by atoms with Crippen LogP contribution < -0.4 is 4.72 Å². The molecule has 1 saturated carbocycles. The van der Waals surface area contributed by atoms with E-state index in [1.54, 1.807) is 0 Å². The molecule has 2 N–H and O–H groups in total. The van der Waals surface area contributed by atoms with Crippen LogP contribution in [0.2, 0.25) is 0 Å². The van der Waals surface area contributed by atoms with E-state index in [1.165, 1.54) is 17.8 Å². The van der Waals surface area contributed by atoms with E-state index in [4.69, 9.17) is 5.11 Å². The van der Waals surface area contributed by atoms with Gasteiger partial charge >= 0.3 is 5.97 Å². The maximum absolute atomic E-state index is 11.9. The van der Waals surface area contributed by atoms with E-state index in [1.807, 2.05) is 6.92 Å². The van der Waals surface area contributed by atoms with Crippen molar-refractivity contribution in [3.63, 3.8) is 0 Å². The Kier molecular flexibility index (Phi) is 2.75. The van der Waals surface area contributed by atoms with Gasteiger partial charge in [-0.3, -0.25) is 0 Å². The first-order valence-corrected chi connectivity index (χ1v) is 6.71. The summed E-state index contributed by atoms with van der Waals surface area (Å²) in [5.41, 5.74) is -0.0470. The van der Waals surface area contributed by atoms with Crippen LogP contribution in [0.5, 0.6) is 0 Å². The molecule has 2 rings (SSSR count). The number of nitrogens with one attached hydrogen (secondary N) is 1. The fraction of sp³-hybridized carbons (Fsp3) is 0.500. The van der Waals surface area contributed by atoms with Crippen molar-refractivity contribution in [3.05, 3.63) is 18.0 Å². The van der Waals surface area contributed by atoms with E-state index in [9.17, 15) is 13.2 Å². The summed E-state index contributed by atoms with van der Waals surface area (Å²) in [4.78, 5) is 10.8. The summed E-state index contributed by atoms with van der Waals surface area (Å²) in [5, 5.41) is 8.84. The Morgan fingerprint density at radius 2 is 2.18 bits per heavy atom. The lowest BCUT2D eigenvalue weighted by Crippen LogP contribution is -2.26. The highest BCUT2D eigenvalue weighted by atomic mass is 32.2. The first kappa shape index (κ1) is 12.1. The first-order valence-electron chi connectivity index (χ1n) is 5.23. The number of carboxylic acid groups (broad SMARTS) is 1. The summed E-state index contributed by atoms with van der Waals surface area (Å²) < 4.78 is 27.6. The molecule has 0 aromatic carbocycles. The first-order chi connectivity index (χ1) is 7.81. The fourth-order valence-corrected chi connectivity index (χ4v) is 3.07. The lowest BCUT2D eigenvalue weighted by molar-refractivity contribution is 0.0686. The van der Waals surface area contributed by atoms with E-state index < -0.39 is 16.0 Å². The molecule has 1 aliphatic carbocycles. The third-order valence-corrected chi connectivity index (χ3v) is 4.38. The van der Waals surface area contributed by atoms with Gasteiger partial charge in [0, 0.05) is 19.3 Å². The molecule has 17 heavy (non-hydrogen) atoms. The minimum Gasteiger partial charge on any atom is -0.477 e. The van der Waals surface area contributed by atoms with Crippen LogP contribution in [0.25, 0.3) is 0 Å². The molecular weight excluding hydrogens is 244 g/mol. The van der Waals surface area contributed by atoms with Gasteiger partial charge in [-0.15, -0.1) is 0 Å². The third kappa shape index (κ3) is 2.34. The fourth-order valence-electron chi connectivity index (χ4n) is 1.65. The lowest BCUT2D eigenvalue weighted by Gasteiger charge is -2.02. The normalized spacial score (nSPS) is 23.6. The Balaban J connectivity index is 2.27. The standard InChI is InChI=1S/C10H14N2O4S/c1-6-3-8(6)11-17(15,16)7-4-9(10(13)14)12(2)5-7/h4-6,8,11H,3H2,1-2H3,(H,13,14). The number of aryl methyl sites for hydroxylation is 1. The van der Waals surface area contributed by atoms with Crippen LogP contribution in [0.3, 0.4) is 0 Å². The van der Waals surface area contributed by atoms with Crippen LogP contribution >= 0.6 is 0 Å². The Hall–Kier alpha value is -1.34. The molecule has 7 heteroatoms. The maximum atomic E-state index is 11.9. The van der Waals surface area contributed by atoms with E-state index in [2.05, 4.69) is 4.72 Å². The van der Waals surface area contributed by atoms with Crippen molar-refractivity contribution in [2.45, 2.75) is 24.3 Å². The second-order valence-electron chi connectivity index (χ2n) is 4.42. The highest BCUT2D eigenvalue weighted by Crippen LogP contribution is 2.30. The average Bonchev–Trinajstić information content (AvgIpc) is 2.74. The van der Waals surface area contributed by atoms with Crippen molar-refractivity contribution in [2.75, 3.05) is 0 Å². The molecule has 0 amide bonds. The van der Waals surface area contributed by atoms with Crippen molar-refractivity contribution in [2.24, 2.45) is 13.0 Å². The van der Waals surface area contributed by atoms with Gasteiger partial charge in [0.15, 0.2) is 0 Å². The molecule has 0 bridgehead atoms. The molecule has 1 aromatic rings. The number of hydrogen-bond donors (Lipinski definition) is 2. The Labute approximate surface area is 99.3 Å². The smallest absolute Gasteiger partial charge is 0.352 e. The highest BCUT2D eigenvalue weighted by molar-refractivity contribution is 7.89. The molecule has 2 atom stereocenters. The number of nitrogens with zero attached hydrogens (tertiary/aromatic N) is 1. The molecule has 94 valence electrons. The molecule has 6 nitrogen and oxygen atoms in total. The Morgan fingerprint density at radius 1 is 1.59 bits per heavy atom. The number of carbonyl (C=O) groups is 1. The minimum atomic E-state index is -3.60. The van der Waals surface area contributed by atoms with Gasteiger partial charge < -0.3 is 9.67 Å². The third-order valence-electron chi connectivity index (χ3n) is 2.93. The van der Waals surface area contributed by atoms with E-state index in [0.29, 0.717) is 5.92 Å². The van der Waals surface area contributed by atoms with Crippen molar-refractivity contribution >= 4 is 16.0 Å². The van der Waals surface area contributed by atoms with Gasteiger partial charge in [-0.25, -0.2) is 17.9 Å². The number of hydrogen-bond acceptors (Lipinski definition) is 3. The monoisotopic (exact) mass is 258 g/mol. The summed E-state index contributed by atoms with van der Waals surface area (Å²) in [5.74, 6) is -0.791. The van der Waals surface area contributed by atoms with Gasteiger partial charge in [-0.1, -0.05) is 6.92 Å². The topological polar surface area (TPSA) is 88.4 Å². The molecular formula is C10H14N2O4S. The highest BCUT2D eigenvalue weighted by Gasteiger charge is 2.36. The van der Waals surface area contributed by atoms with Crippen LogP contribution in [-0.4, -0.2) is 30.1 Å². The Bertz CT molecular complexity index is 561. The summed E-state index contributed by atoms with van der Waals surface area (Å²) in [6.45, 7) is 1.96. The molecule has 0 spiro atoms. The largest absolute Gasteiger partial charge is 0.477 e. The van der Waals surface area contributed by atoms with Crippen LogP contribution in [-0.2, 0) is 17.1 Å². The van der Waals surface area contributed by atoms with Crippen molar-refractivity contribution in [1.82, 2.24) is 9.29 Å². The van der Waals surface area contributed by atoms with Crippen molar-refractivity contribution in [1.29, 1.82) is 0 Å². The number of carboxylic acids is 1. The Morgan fingerprint density at radius 3 is 2.59 bits per heavy atom. The minimum absolute atomic E-state index is 0.00324. The van der Waals surface area contributed by atoms with Gasteiger partial charge in [0.2, 0.25) is 10.0 Å². The van der Waals surface area contributed by atoms with E-state index >= 15 is 0 Å². The molecule has 2 unspecified atom stereocenters. The predicted octanol–water partition coefficient (Wildman–Crippen LogP) is 0.410. The second kappa shape index (κ2) is 3.85. The zero-order valence-corrected chi connectivity index (χ0v) is 10.4. The van der Waals surface area contributed by atoms with Gasteiger partial charge in [0.1, 0.15) is 10.6 Å². The van der Waals surface area contributed by atoms with Gasteiger partial charge in [-0.05, 0) is 18.4 Å².